The van der Waals surface area contributed by atoms with Crippen LogP contribution >= 0.6 is 0 Å². The zero-order valence-corrected chi connectivity index (χ0v) is 12.0. The van der Waals surface area contributed by atoms with Gasteiger partial charge in [0.2, 0.25) is 10.0 Å². The van der Waals surface area contributed by atoms with E-state index in [1.165, 1.54) is 29.6 Å². The summed E-state index contributed by atoms with van der Waals surface area (Å²) in [5, 5.41) is 3.19. The van der Waals surface area contributed by atoms with Crippen LogP contribution in [0.1, 0.15) is 25.3 Å². The highest BCUT2D eigenvalue weighted by Crippen LogP contribution is 2.22. The molecule has 0 spiro atoms. The lowest BCUT2D eigenvalue weighted by Gasteiger charge is -2.16. The first kappa shape index (κ1) is 14.4. The second kappa shape index (κ2) is 5.56. The minimum absolute atomic E-state index is 0.144. The average molecular weight is 286 g/mol. The zero-order chi connectivity index (χ0) is 14.0. The van der Waals surface area contributed by atoms with Gasteiger partial charge in [-0.2, -0.15) is 0 Å². The molecule has 1 aromatic carbocycles. The Balaban J connectivity index is 2.23. The highest BCUT2D eigenvalue weighted by Gasteiger charge is 2.23. The molecule has 1 aliphatic carbocycles. The topological polar surface area (TPSA) is 49.4 Å². The summed E-state index contributed by atoms with van der Waals surface area (Å²) in [4.78, 5) is 0.144. The van der Waals surface area contributed by atoms with Crippen molar-refractivity contribution >= 4 is 10.0 Å². The Morgan fingerprint density at radius 2 is 2.11 bits per heavy atom. The van der Waals surface area contributed by atoms with E-state index in [0.29, 0.717) is 24.7 Å². The molecule has 0 radical (unpaired) electrons. The summed E-state index contributed by atoms with van der Waals surface area (Å²) in [6.07, 6.45) is 2.22. The number of rotatable bonds is 6. The molecule has 1 aliphatic rings. The molecule has 0 bridgehead atoms. The fraction of sp³-hybridized carbons (Fsp3) is 0.538. The summed E-state index contributed by atoms with van der Waals surface area (Å²) in [6, 6.07) is 4.42. The van der Waals surface area contributed by atoms with E-state index in [-0.39, 0.29) is 10.7 Å². The zero-order valence-electron chi connectivity index (χ0n) is 11.2. The molecule has 0 unspecified atom stereocenters. The molecule has 2 rings (SSSR count). The van der Waals surface area contributed by atoms with E-state index in [4.69, 9.17) is 0 Å². The van der Waals surface area contributed by atoms with Gasteiger partial charge in [0.15, 0.2) is 0 Å². The van der Waals surface area contributed by atoms with E-state index in [2.05, 4.69) is 5.32 Å². The Kier molecular flexibility index (Phi) is 4.23. The van der Waals surface area contributed by atoms with Crippen molar-refractivity contribution in [2.24, 2.45) is 0 Å². The molecule has 0 aromatic heterocycles. The standard InChI is InChI=1S/C13H19FN2O2S/c1-3-16(2)19(17,18)12-6-7-13(14)10(8-12)9-15-11-4-5-11/h6-8,11,15H,3-5,9H2,1-2H3. The maximum atomic E-state index is 13.7. The van der Waals surface area contributed by atoms with Crippen LogP contribution in [-0.2, 0) is 16.6 Å². The third-order valence-electron chi connectivity index (χ3n) is 3.33. The van der Waals surface area contributed by atoms with Crippen LogP contribution in [0.25, 0.3) is 0 Å². The van der Waals surface area contributed by atoms with Crippen LogP contribution in [0.15, 0.2) is 23.1 Å². The van der Waals surface area contributed by atoms with Gasteiger partial charge >= 0.3 is 0 Å². The molecule has 1 N–H and O–H groups in total. The van der Waals surface area contributed by atoms with Gasteiger partial charge in [-0.05, 0) is 31.0 Å². The highest BCUT2D eigenvalue weighted by molar-refractivity contribution is 7.89. The fourth-order valence-corrected chi connectivity index (χ4v) is 2.97. The van der Waals surface area contributed by atoms with E-state index < -0.39 is 10.0 Å². The lowest BCUT2D eigenvalue weighted by Crippen LogP contribution is -2.27. The molecule has 106 valence electrons. The molecule has 0 amide bonds. The average Bonchev–Trinajstić information content (AvgIpc) is 3.20. The summed E-state index contributed by atoms with van der Waals surface area (Å²) in [6.45, 7) is 2.52. The molecule has 0 heterocycles. The molecule has 4 nitrogen and oxygen atoms in total. The Morgan fingerprint density at radius 1 is 1.42 bits per heavy atom. The lowest BCUT2D eigenvalue weighted by atomic mass is 10.2. The number of nitrogens with one attached hydrogen (secondary N) is 1. The molecule has 1 fully saturated rings. The van der Waals surface area contributed by atoms with Gasteiger partial charge in [0.05, 0.1) is 4.90 Å². The minimum atomic E-state index is -3.51. The van der Waals surface area contributed by atoms with Crippen molar-refractivity contribution in [1.82, 2.24) is 9.62 Å². The first-order chi connectivity index (χ1) is 8.95. The smallest absolute Gasteiger partial charge is 0.242 e. The first-order valence-corrected chi connectivity index (χ1v) is 7.87. The quantitative estimate of drug-likeness (QED) is 0.866. The number of hydrogen-bond donors (Lipinski definition) is 1. The van der Waals surface area contributed by atoms with Crippen molar-refractivity contribution < 1.29 is 12.8 Å². The van der Waals surface area contributed by atoms with Crippen LogP contribution in [-0.4, -0.2) is 32.4 Å². The number of benzene rings is 1. The van der Waals surface area contributed by atoms with E-state index in [1.807, 2.05) is 0 Å². The molecule has 1 aromatic rings. The van der Waals surface area contributed by atoms with E-state index in [9.17, 15) is 12.8 Å². The van der Waals surface area contributed by atoms with E-state index in [0.717, 1.165) is 12.8 Å². The summed E-state index contributed by atoms with van der Waals surface area (Å²) in [5.41, 5.74) is 0.400. The van der Waals surface area contributed by atoms with Crippen LogP contribution in [0.3, 0.4) is 0 Å². The van der Waals surface area contributed by atoms with Gasteiger partial charge in [0, 0.05) is 31.7 Å². The Bertz CT molecular complexity index is 556. The predicted molar refractivity (Wildman–Crippen MR) is 71.8 cm³/mol. The van der Waals surface area contributed by atoms with Gasteiger partial charge in [-0.3, -0.25) is 0 Å². The molecule has 19 heavy (non-hydrogen) atoms. The largest absolute Gasteiger partial charge is 0.310 e. The molecule has 0 aliphatic heterocycles. The number of nitrogens with zero attached hydrogens (tertiary/aromatic N) is 1. The van der Waals surface area contributed by atoms with Gasteiger partial charge in [-0.15, -0.1) is 0 Å². The SMILES string of the molecule is CCN(C)S(=O)(=O)c1ccc(F)c(CNC2CC2)c1. The van der Waals surface area contributed by atoms with Crippen molar-refractivity contribution in [3.8, 4) is 0 Å². The molecule has 1 saturated carbocycles. The maximum Gasteiger partial charge on any atom is 0.242 e. The van der Waals surface area contributed by atoms with E-state index in [1.54, 1.807) is 6.92 Å². The summed E-state index contributed by atoms with van der Waals surface area (Å²) in [7, 11) is -2.00. The number of halogens is 1. The van der Waals surface area contributed by atoms with Crippen LogP contribution < -0.4 is 5.32 Å². The number of sulfonamides is 1. The fourth-order valence-electron chi connectivity index (χ4n) is 1.74. The Hall–Kier alpha value is -0.980. The molecule has 0 saturated heterocycles. The van der Waals surface area contributed by atoms with Gasteiger partial charge in [-0.25, -0.2) is 17.1 Å². The Morgan fingerprint density at radius 3 is 2.68 bits per heavy atom. The summed E-state index contributed by atoms with van der Waals surface area (Å²) in [5.74, 6) is -0.369. The second-order valence-electron chi connectivity index (χ2n) is 4.83. The van der Waals surface area contributed by atoms with Crippen molar-refractivity contribution in [3.63, 3.8) is 0 Å². The maximum absolute atomic E-state index is 13.7. The third kappa shape index (κ3) is 3.32. The third-order valence-corrected chi connectivity index (χ3v) is 5.26. The monoisotopic (exact) mass is 286 g/mol. The van der Waals surface area contributed by atoms with Crippen molar-refractivity contribution in [1.29, 1.82) is 0 Å². The first-order valence-electron chi connectivity index (χ1n) is 6.43. The lowest BCUT2D eigenvalue weighted by molar-refractivity contribution is 0.485. The summed E-state index contributed by atoms with van der Waals surface area (Å²) < 4.78 is 39.2. The molecular weight excluding hydrogens is 267 g/mol. The molecular formula is C13H19FN2O2S. The van der Waals surface area contributed by atoms with Crippen molar-refractivity contribution in [3.05, 3.63) is 29.6 Å². The van der Waals surface area contributed by atoms with Crippen LogP contribution in [0.5, 0.6) is 0 Å². The number of hydrogen-bond acceptors (Lipinski definition) is 3. The molecule has 6 heteroatoms. The molecule has 0 atom stereocenters. The van der Waals surface area contributed by atoms with Crippen LogP contribution in [0, 0.1) is 5.82 Å². The van der Waals surface area contributed by atoms with Gasteiger partial charge in [0.25, 0.3) is 0 Å². The second-order valence-corrected chi connectivity index (χ2v) is 6.87. The minimum Gasteiger partial charge on any atom is -0.310 e. The van der Waals surface area contributed by atoms with Gasteiger partial charge in [0.1, 0.15) is 5.82 Å². The predicted octanol–water partition coefficient (Wildman–Crippen LogP) is 1.72. The normalized spacial score (nSPS) is 16.0. The van der Waals surface area contributed by atoms with Crippen molar-refractivity contribution in [2.45, 2.75) is 37.2 Å². The summed E-state index contributed by atoms with van der Waals surface area (Å²) >= 11 is 0. The van der Waals surface area contributed by atoms with Gasteiger partial charge in [-0.1, -0.05) is 6.92 Å². The van der Waals surface area contributed by atoms with E-state index >= 15 is 0 Å². The Labute approximate surface area is 113 Å². The van der Waals surface area contributed by atoms with Crippen LogP contribution in [0.4, 0.5) is 4.39 Å². The highest BCUT2D eigenvalue weighted by atomic mass is 32.2. The van der Waals surface area contributed by atoms with Gasteiger partial charge < -0.3 is 5.32 Å². The van der Waals surface area contributed by atoms with Crippen molar-refractivity contribution in [2.75, 3.05) is 13.6 Å². The van der Waals surface area contributed by atoms with Crippen LogP contribution in [0.2, 0.25) is 0 Å².